The van der Waals surface area contributed by atoms with Gasteiger partial charge in [0.25, 0.3) is 0 Å². The van der Waals surface area contributed by atoms with Gasteiger partial charge in [-0.2, -0.15) is 0 Å². The van der Waals surface area contributed by atoms with Crippen LogP contribution in [0.5, 0.6) is 11.5 Å². The van der Waals surface area contributed by atoms with Gasteiger partial charge in [0.05, 0.1) is 32.0 Å². The lowest BCUT2D eigenvalue weighted by Crippen LogP contribution is -2.46. The van der Waals surface area contributed by atoms with Crippen LogP contribution in [0.3, 0.4) is 0 Å². The molecule has 202 valence electrons. The van der Waals surface area contributed by atoms with Crippen molar-refractivity contribution in [1.82, 2.24) is 15.2 Å². The van der Waals surface area contributed by atoms with Crippen LogP contribution < -0.4 is 14.8 Å². The van der Waals surface area contributed by atoms with E-state index in [0.29, 0.717) is 43.2 Å². The third-order valence-electron chi connectivity index (χ3n) is 7.08. The van der Waals surface area contributed by atoms with Crippen LogP contribution in [-0.4, -0.2) is 36.2 Å². The number of rotatable bonds is 8. The Morgan fingerprint density at radius 3 is 2.74 bits per heavy atom. The highest BCUT2D eigenvalue weighted by atomic mass is 19.1. The number of hydrogen-bond acceptors (Lipinski definition) is 5. The lowest BCUT2D eigenvalue weighted by atomic mass is 9.85. The Hall–Kier alpha value is -4.33. The summed E-state index contributed by atoms with van der Waals surface area (Å²) in [6, 6.07) is 16.3. The Labute approximate surface area is 227 Å². The second-order valence-electron chi connectivity index (χ2n) is 9.77. The molecule has 2 heterocycles. The molecule has 1 aromatic heterocycles. The summed E-state index contributed by atoms with van der Waals surface area (Å²) in [5.41, 5.74) is 6.92. The first-order valence-corrected chi connectivity index (χ1v) is 13.0. The second kappa shape index (κ2) is 11.6. The molecule has 5 rings (SSSR count). The Bertz CT molecular complexity index is 1450. The molecular weight excluding hydrogens is 497 g/mol. The standard InChI is InChI=1S/C31H32FN3O4/c1-20-7-8-26(21(2)13-20)30-27-16-29(39-12-10-22-5-4-6-24(32)14-22)28(37-3)15-23(27)9-11-35(30)31(36)33-17-25-18-38-19-34-25/h4-8,13-16,18-19,30H,9-12,17H2,1-3H3,(H,33,36). The van der Waals surface area contributed by atoms with Crippen LogP contribution >= 0.6 is 0 Å². The molecule has 0 bridgehead atoms. The molecule has 0 saturated carbocycles. The van der Waals surface area contributed by atoms with Gasteiger partial charge < -0.3 is 24.1 Å². The maximum atomic E-state index is 13.6. The molecule has 1 aliphatic heterocycles. The number of hydrogen-bond donors (Lipinski definition) is 1. The molecule has 2 amide bonds. The van der Waals surface area contributed by atoms with Crippen molar-refractivity contribution < 1.29 is 23.1 Å². The molecule has 0 radical (unpaired) electrons. The minimum Gasteiger partial charge on any atom is -0.493 e. The number of halogens is 1. The minimum absolute atomic E-state index is 0.182. The van der Waals surface area contributed by atoms with Crippen LogP contribution in [0.2, 0.25) is 0 Å². The van der Waals surface area contributed by atoms with Crippen molar-refractivity contribution in [3.8, 4) is 11.5 Å². The number of benzene rings is 3. The molecule has 1 unspecified atom stereocenters. The van der Waals surface area contributed by atoms with Crippen molar-refractivity contribution in [3.63, 3.8) is 0 Å². The molecule has 0 fully saturated rings. The van der Waals surface area contributed by atoms with E-state index in [1.54, 1.807) is 13.2 Å². The van der Waals surface area contributed by atoms with E-state index in [0.717, 1.165) is 33.4 Å². The average Bonchev–Trinajstić information content (AvgIpc) is 3.45. The van der Waals surface area contributed by atoms with Crippen LogP contribution in [-0.2, 0) is 19.4 Å². The summed E-state index contributed by atoms with van der Waals surface area (Å²) < 4.78 is 30.5. The summed E-state index contributed by atoms with van der Waals surface area (Å²) in [4.78, 5) is 19.5. The van der Waals surface area contributed by atoms with Gasteiger partial charge in [0, 0.05) is 13.0 Å². The molecule has 0 aliphatic carbocycles. The van der Waals surface area contributed by atoms with E-state index >= 15 is 0 Å². The van der Waals surface area contributed by atoms with E-state index < -0.39 is 0 Å². The normalized spacial score (nSPS) is 14.6. The van der Waals surface area contributed by atoms with Crippen molar-refractivity contribution in [2.24, 2.45) is 0 Å². The molecule has 1 atom stereocenters. The quantitative estimate of drug-likeness (QED) is 0.307. The molecule has 1 aliphatic rings. The Morgan fingerprint density at radius 1 is 1.13 bits per heavy atom. The van der Waals surface area contributed by atoms with Crippen LogP contribution in [0.1, 0.15) is 45.1 Å². The van der Waals surface area contributed by atoms with Gasteiger partial charge in [-0.1, -0.05) is 35.9 Å². The summed E-state index contributed by atoms with van der Waals surface area (Å²) in [5, 5.41) is 2.99. The van der Waals surface area contributed by atoms with Gasteiger partial charge in [-0.3, -0.25) is 0 Å². The van der Waals surface area contributed by atoms with Crippen molar-refractivity contribution in [1.29, 1.82) is 0 Å². The van der Waals surface area contributed by atoms with Crippen LogP contribution in [0.4, 0.5) is 9.18 Å². The number of fused-ring (bicyclic) bond motifs is 1. The van der Waals surface area contributed by atoms with Crippen molar-refractivity contribution in [3.05, 3.63) is 112 Å². The predicted molar refractivity (Wildman–Crippen MR) is 146 cm³/mol. The van der Waals surface area contributed by atoms with Gasteiger partial charge in [0.1, 0.15) is 12.1 Å². The first kappa shape index (κ1) is 26.3. The third kappa shape index (κ3) is 5.90. The fourth-order valence-corrected chi connectivity index (χ4v) is 5.15. The van der Waals surface area contributed by atoms with Gasteiger partial charge >= 0.3 is 6.03 Å². The highest BCUT2D eigenvalue weighted by Crippen LogP contribution is 2.42. The van der Waals surface area contributed by atoms with Crippen molar-refractivity contribution >= 4 is 6.03 Å². The number of methoxy groups -OCH3 is 1. The van der Waals surface area contributed by atoms with Gasteiger partial charge in [-0.15, -0.1) is 0 Å². The SMILES string of the molecule is COc1cc2c(cc1OCCc1cccc(F)c1)C(c1ccc(C)cc1C)N(C(=O)NCc1cocn1)CC2. The summed E-state index contributed by atoms with van der Waals surface area (Å²) in [5.74, 6) is 0.959. The fraction of sp³-hybridized carbons (Fsp3) is 0.290. The summed E-state index contributed by atoms with van der Waals surface area (Å²) in [6.07, 6.45) is 4.09. The highest BCUT2D eigenvalue weighted by molar-refractivity contribution is 5.76. The van der Waals surface area contributed by atoms with E-state index in [4.69, 9.17) is 13.9 Å². The number of ether oxygens (including phenoxy) is 2. The monoisotopic (exact) mass is 529 g/mol. The van der Waals surface area contributed by atoms with Crippen molar-refractivity contribution in [2.45, 2.75) is 39.3 Å². The number of aryl methyl sites for hydroxylation is 2. The lowest BCUT2D eigenvalue weighted by Gasteiger charge is -2.38. The van der Waals surface area contributed by atoms with E-state index in [1.165, 1.54) is 24.8 Å². The molecule has 39 heavy (non-hydrogen) atoms. The molecule has 1 N–H and O–H groups in total. The summed E-state index contributed by atoms with van der Waals surface area (Å²) in [7, 11) is 1.62. The molecule has 0 saturated heterocycles. The lowest BCUT2D eigenvalue weighted by molar-refractivity contribution is 0.179. The van der Waals surface area contributed by atoms with Gasteiger partial charge in [-0.25, -0.2) is 14.2 Å². The molecule has 4 aromatic rings. The van der Waals surface area contributed by atoms with E-state index in [9.17, 15) is 9.18 Å². The number of urea groups is 1. The van der Waals surface area contributed by atoms with Gasteiger partial charge in [-0.05, 0) is 72.4 Å². The topological polar surface area (TPSA) is 76.8 Å². The largest absolute Gasteiger partial charge is 0.493 e. The molecule has 3 aromatic carbocycles. The predicted octanol–water partition coefficient (Wildman–Crippen LogP) is 5.92. The van der Waals surface area contributed by atoms with E-state index in [1.807, 2.05) is 23.1 Å². The highest BCUT2D eigenvalue weighted by Gasteiger charge is 2.34. The van der Waals surface area contributed by atoms with Crippen molar-refractivity contribution in [2.75, 3.05) is 20.3 Å². The Morgan fingerprint density at radius 2 is 2.00 bits per heavy atom. The summed E-state index contributed by atoms with van der Waals surface area (Å²) >= 11 is 0. The van der Waals surface area contributed by atoms with Crippen LogP contribution in [0, 0.1) is 19.7 Å². The molecule has 0 spiro atoms. The number of carbonyl (C=O) groups is 1. The van der Waals surface area contributed by atoms with Crippen LogP contribution in [0.25, 0.3) is 0 Å². The number of oxazole rings is 1. The maximum Gasteiger partial charge on any atom is 0.318 e. The van der Waals surface area contributed by atoms with Gasteiger partial charge in [0.2, 0.25) is 0 Å². The molecular formula is C31H32FN3O4. The van der Waals surface area contributed by atoms with E-state index in [-0.39, 0.29) is 24.4 Å². The first-order valence-electron chi connectivity index (χ1n) is 13.0. The fourth-order valence-electron chi connectivity index (χ4n) is 5.15. The second-order valence-corrected chi connectivity index (χ2v) is 9.77. The first-order chi connectivity index (χ1) is 18.9. The molecule has 8 heteroatoms. The number of nitrogens with one attached hydrogen (secondary N) is 1. The van der Waals surface area contributed by atoms with Gasteiger partial charge in [0.15, 0.2) is 17.9 Å². The van der Waals surface area contributed by atoms with E-state index in [2.05, 4.69) is 42.3 Å². The number of carbonyl (C=O) groups excluding carboxylic acids is 1. The van der Waals surface area contributed by atoms with Crippen LogP contribution in [0.15, 0.2) is 71.7 Å². The number of nitrogens with zero attached hydrogens (tertiary/aromatic N) is 2. The number of aromatic nitrogens is 1. The minimum atomic E-state index is -0.317. The third-order valence-corrected chi connectivity index (χ3v) is 7.08. The molecule has 7 nitrogen and oxygen atoms in total. The average molecular weight is 530 g/mol. The number of amides is 2. The smallest absolute Gasteiger partial charge is 0.318 e. The zero-order valence-electron chi connectivity index (χ0n) is 22.4. The Balaban J connectivity index is 1.47. The Kier molecular flexibility index (Phi) is 7.81. The maximum absolute atomic E-state index is 13.6. The zero-order valence-corrected chi connectivity index (χ0v) is 22.4. The summed E-state index contributed by atoms with van der Waals surface area (Å²) in [6.45, 7) is 5.30. The zero-order chi connectivity index (χ0) is 27.4.